The van der Waals surface area contributed by atoms with E-state index < -0.39 is 0 Å². The lowest BCUT2D eigenvalue weighted by Crippen LogP contribution is -2.38. The predicted octanol–water partition coefficient (Wildman–Crippen LogP) is 3.91. The van der Waals surface area contributed by atoms with Crippen LogP contribution in [0.2, 0.25) is 10.0 Å². The van der Waals surface area contributed by atoms with Gasteiger partial charge in [-0.3, -0.25) is 0 Å². The Morgan fingerprint density at radius 2 is 1.74 bits per heavy atom. The minimum absolute atomic E-state index is 0.230. The number of carbonyl (C=O) groups excluding carboxylic acids is 1. The fourth-order valence-corrected chi connectivity index (χ4v) is 2.45. The van der Waals surface area contributed by atoms with Crippen LogP contribution in [0.1, 0.15) is 5.56 Å². The zero-order valence-corrected chi connectivity index (χ0v) is 14.0. The van der Waals surface area contributed by atoms with E-state index >= 15 is 0 Å². The van der Waals surface area contributed by atoms with Crippen LogP contribution in [0, 0.1) is 0 Å². The molecule has 2 aromatic carbocycles. The van der Waals surface area contributed by atoms with Crippen LogP contribution in [0.3, 0.4) is 0 Å². The summed E-state index contributed by atoms with van der Waals surface area (Å²) in [5.41, 5.74) is 0.948. The second-order valence-electron chi connectivity index (χ2n) is 4.83. The van der Waals surface area contributed by atoms with Crippen LogP contribution in [0.5, 0.6) is 5.75 Å². The van der Waals surface area contributed by atoms with Gasteiger partial charge in [0.05, 0.1) is 6.54 Å². The van der Waals surface area contributed by atoms with Crippen molar-refractivity contribution in [2.24, 2.45) is 0 Å². The summed E-state index contributed by atoms with van der Waals surface area (Å²) in [6.07, 6.45) is 0.643. The SMILES string of the molecule is O=C(NCCOc1ccccc1)NCCc1ccc(Cl)cc1Cl. The third-order valence-corrected chi connectivity index (χ3v) is 3.68. The summed E-state index contributed by atoms with van der Waals surface area (Å²) in [6.45, 7) is 1.34. The Kier molecular flexibility index (Phi) is 7.04. The van der Waals surface area contributed by atoms with Crippen molar-refractivity contribution in [2.75, 3.05) is 19.7 Å². The molecule has 0 aliphatic carbocycles. The molecule has 23 heavy (non-hydrogen) atoms. The lowest BCUT2D eigenvalue weighted by molar-refractivity contribution is 0.236. The Bertz CT molecular complexity index is 636. The molecule has 4 nitrogen and oxygen atoms in total. The van der Waals surface area contributed by atoms with E-state index in [9.17, 15) is 4.79 Å². The maximum atomic E-state index is 11.7. The van der Waals surface area contributed by atoms with Crippen molar-refractivity contribution in [1.82, 2.24) is 10.6 Å². The van der Waals surface area contributed by atoms with Crippen LogP contribution in [0.4, 0.5) is 4.79 Å². The van der Waals surface area contributed by atoms with E-state index in [0.717, 1.165) is 11.3 Å². The maximum Gasteiger partial charge on any atom is 0.314 e. The summed E-state index contributed by atoms with van der Waals surface area (Å²) < 4.78 is 5.48. The fraction of sp³-hybridized carbons (Fsp3) is 0.235. The van der Waals surface area contributed by atoms with Crippen molar-refractivity contribution in [3.8, 4) is 5.75 Å². The van der Waals surface area contributed by atoms with Crippen molar-refractivity contribution >= 4 is 29.2 Å². The number of rotatable bonds is 7. The second kappa shape index (κ2) is 9.28. The molecule has 0 radical (unpaired) electrons. The minimum atomic E-state index is -0.230. The van der Waals surface area contributed by atoms with E-state index in [2.05, 4.69) is 10.6 Å². The molecule has 0 aliphatic heterocycles. The number of hydrogen-bond acceptors (Lipinski definition) is 2. The molecule has 0 spiro atoms. The first-order valence-corrected chi connectivity index (χ1v) is 8.04. The first kappa shape index (κ1) is 17.4. The van der Waals surface area contributed by atoms with Gasteiger partial charge in [-0.25, -0.2) is 4.79 Å². The fourth-order valence-electron chi connectivity index (χ4n) is 1.95. The molecule has 0 unspecified atom stereocenters. The highest BCUT2D eigenvalue weighted by Gasteiger charge is 2.03. The topological polar surface area (TPSA) is 50.4 Å². The van der Waals surface area contributed by atoms with Gasteiger partial charge in [0.1, 0.15) is 12.4 Å². The Labute approximate surface area is 145 Å². The Morgan fingerprint density at radius 3 is 2.48 bits per heavy atom. The summed E-state index contributed by atoms with van der Waals surface area (Å²) in [5.74, 6) is 0.784. The summed E-state index contributed by atoms with van der Waals surface area (Å²) in [4.78, 5) is 11.7. The molecule has 0 aromatic heterocycles. The van der Waals surface area contributed by atoms with E-state index in [0.29, 0.717) is 36.2 Å². The molecule has 2 aromatic rings. The highest BCUT2D eigenvalue weighted by Crippen LogP contribution is 2.20. The number of nitrogens with one attached hydrogen (secondary N) is 2. The molecule has 0 saturated heterocycles. The van der Waals surface area contributed by atoms with E-state index in [4.69, 9.17) is 27.9 Å². The third kappa shape index (κ3) is 6.38. The van der Waals surface area contributed by atoms with Crippen molar-refractivity contribution in [3.05, 3.63) is 64.1 Å². The average molecular weight is 353 g/mol. The third-order valence-electron chi connectivity index (χ3n) is 3.09. The number of ether oxygens (including phenoxy) is 1. The van der Waals surface area contributed by atoms with Crippen molar-refractivity contribution < 1.29 is 9.53 Å². The average Bonchev–Trinajstić information content (AvgIpc) is 2.55. The summed E-state index contributed by atoms with van der Waals surface area (Å²) in [5, 5.41) is 6.72. The summed E-state index contributed by atoms with van der Waals surface area (Å²) in [7, 11) is 0. The number of carbonyl (C=O) groups is 1. The van der Waals surface area contributed by atoms with Crippen molar-refractivity contribution in [3.63, 3.8) is 0 Å². The molecule has 0 heterocycles. The maximum absolute atomic E-state index is 11.7. The minimum Gasteiger partial charge on any atom is -0.492 e. The zero-order valence-electron chi connectivity index (χ0n) is 12.5. The van der Waals surface area contributed by atoms with Gasteiger partial charge in [-0.1, -0.05) is 47.5 Å². The smallest absolute Gasteiger partial charge is 0.314 e. The van der Waals surface area contributed by atoms with Gasteiger partial charge in [0.15, 0.2) is 0 Å². The number of halogens is 2. The van der Waals surface area contributed by atoms with Gasteiger partial charge in [0.2, 0.25) is 0 Å². The van der Waals surface area contributed by atoms with Gasteiger partial charge in [0.25, 0.3) is 0 Å². The highest BCUT2D eigenvalue weighted by molar-refractivity contribution is 6.35. The molecule has 2 amide bonds. The highest BCUT2D eigenvalue weighted by atomic mass is 35.5. The standard InChI is InChI=1S/C17H18Cl2N2O2/c18-14-7-6-13(16(19)12-14)8-9-20-17(22)21-10-11-23-15-4-2-1-3-5-15/h1-7,12H,8-11H2,(H2,20,21,22). The monoisotopic (exact) mass is 352 g/mol. The van der Waals surface area contributed by atoms with Gasteiger partial charge >= 0.3 is 6.03 Å². The molecule has 2 rings (SSSR count). The molecule has 0 saturated carbocycles. The lowest BCUT2D eigenvalue weighted by atomic mass is 10.1. The van der Waals surface area contributed by atoms with Crippen LogP contribution >= 0.6 is 23.2 Å². The molecule has 6 heteroatoms. The lowest BCUT2D eigenvalue weighted by Gasteiger charge is -2.09. The number of para-hydroxylation sites is 1. The summed E-state index contributed by atoms with van der Waals surface area (Å²) in [6, 6.07) is 14.6. The van der Waals surface area contributed by atoms with Crippen LogP contribution < -0.4 is 15.4 Å². The van der Waals surface area contributed by atoms with Gasteiger partial charge in [-0.15, -0.1) is 0 Å². The molecule has 0 aliphatic rings. The first-order chi connectivity index (χ1) is 11.1. The van der Waals surface area contributed by atoms with Crippen LogP contribution in [-0.2, 0) is 6.42 Å². The quantitative estimate of drug-likeness (QED) is 0.742. The van der Waals surface area contributed by atoms with Gasteiger partial charge in [-0.2, -0.15) is 0 Å². The van der Waals surface area contributed by atoms with Crippen LogP contribution in [0.15, 0.2) is 48.5 Å². The van der Waals surface area contributed by atoms with Crippen molar-refractivity contribution in [1.29, 1.82) is 0 Å². The van der Waals surface area contributed by atoms with Gasteiger partial charge in [0, 0.05) is 16.6 Å². The molecular weight excluding hydrogens is 335 g/mol. The molecular formula is C17H18Cl2N2O2. The van der Waals surface area contributed by atoms with Crippen molar-refractivity contribution in [2.45, 2.75) is 6.42 Å². The molecule has 2 N–H and O–H groups in total. The van der Waals surface area contributed by atoms with Gasteiger partial charge in [-0.05, 0) is 36.2 Å². The van der Waals surface area contributed by atoms with E-state index in [-0.39, 0.29) is 6.03 Å². The number of benzene rings is 2. The van der Waals surface area contributed by atoms with Crippen LogP contribution in [-0.4, -0.2) is 25.7 Å². The second-order valence-corrected chi connectivity index (χ2v) is 5.67. The molecule has 0 bridgehead atoms. The van der Waals surface area contributed by atoms with Crippen LogP contribution in [0.25, 0.3) is 0 Å². The molecule has 122 valence electrons. The first-order valence-electron chi connectivity index (χ1n) is 7.28. The largest absolute Gasteiger partial charge is 0.492 e. The molecule has 0 fully saturated rings. The van der Waals surface area contributed by atoms with E-state index in [1.807, 2.05) is 36.4 Å². The summed E-state index contributed by atoms with van der Waals surface area (Å²) >= 11 is 11.9. The Hall–Kier alpha value is -1.91. The van der Waals surface area contributed by atoms with Gasteiger partial charge < -0.3 is 15.4 Å². The number of urea groups is 1. The normalized spacial score (nSPS) is 10.2. The Balaban J connectivity index is 1.60. The Morgan fingerprint density at radius 1 is 1.00 bits per heavy atom. The van der Waals surface area contributed by atoms with E-state index in [1.165, 1.54) is 0 Å². The number of amides is 2. The van der Waals surface area contributed by atoms with E-state index in [1.54, 1.807) is 12.1 Å². The molecule has 0 atom stereocenters. The zero-order chi connectivity index (χ0) is 16.5. The predicted molar refractivity (Wildman–Crippen MR) is 93.5 cm³/mol. The number of hydrogen-bond donors (Lipinski definition) is 2.